The van der Waals surface area contributed by atoms with Crippen LogP contribution in [0.15, 0.2) is 61.1 Å². The smallest absolute Gasteiger partial charge is 0.306 e. The van der Waals surface area contributed by atoms with Gasteiger partial charge < -0.3 is 10.4 Å². The van der Waals surface area contributed by atoms with Crippen LogP contribution in [-0.4, -0.2) is 42.6 Å². The van der Waals surface area contributed by atoms with Gasteiger partial charge in [0.2, 0.25) is 0 Å². The van der Waals surface area contributed by atoms with Crippen LogP contribution >= 0.6 is 11.6 Å². The molecule has 0 spiro atoms. The van der Waals surface area contributed by atoms with Crippen LogP contribution in [0.4, 0.5) is 0 Å². The molecular formula is C25H24ClN5O3. The van der Waals surface area contributed by atoms with E-state index in [1.807, 2.05) is 36.5 Å². The lowest BCUT2D eigenvalue weighted by molar-refractivity contribution is -0.142. The van der Waals surface area contributed by atoms with Crippen molar-refractivity contribution in [3.05, 3.63) is 77.2 Å². The van der Waals surface area contributed by atoms with Crippen LogP contribution in [0.5, 0.6) is 0 Å². The quantitative estimate of drug-likeness (QED) is 0.431. The molecular weight excluding hydrogens is 454 g/mol. The first-order valence-electron chi connectivity index (χ1n) is 11.3. The molecule has 8 nitrogen and oxygen atoms in total. The highest BCUT2D eigenvalue weighted by molar-refractivity contribution is 6.36. The third-order valence-corrected chi connectivity index (χ3v) is 6.77. The summed E-state index contributed by atoms with van der Waals surface area (Å²) in [5.41, 5.74) is 3.17. The van der Waals surface area contributed by atoms with Gasteiger partial charge in [0, 0.05) is 23.8 Å². The van der Waals surface area contributed by atoms with Gasteiger partial charge >= 0.3 is 5.97 Å². The summed E-state index contributed by atoms with van der Waals surface area (Å²) in [6.07, 6.45) is 7.76. The first-order chi connectivity index (χ1) is 16.5. The molecule has 9 heteroatoms. The fraction of sp³-hybridized carbons (Fsp3) is 0.280. The summed E-state index contributed by atoms with van der Waals surface area (Å²) in [7, 11) is 0. The number of aromatic nitrogens is 4. The van der Waals surface area contributed by atoms with Crippen molar-refractivity contribution in [3.8, 4) is 5.69 Å². The van der Waals surface area contributed by atoms with E-state index in [0.717, 1.165) is 16.6 Å². The maximum atomic E-state index is 13.2. The minimum absolute atomic E-state index is 0.0416. The van der Waals surface area contributed by atoms with E-state index in [9.17, 15) is 14.7 Å². The number of carboxylic acids is 1. The van der Waals surface area contributed by atoms with Gasteiger partial charge in [0.1, 0.15) is 0 Å². The number of carbonyl (C=O) groups is 2. The molecule has 1 saturated carbocycles. The first kappa shape index (κ1) is 22.2. The summed E-state index contributed by atoms with van der Waals surface area (Å²) in [5, 5.41) is 22.3. The van der Waals surface area contributed by atoms with Crippen molar-refractivity contribution < 1.29 is 14.7 Å². The van der Waals surface area contributed by atoms with Crippen LogP contribution in [0.2, 0.25) is 5.02 Å². The molecule has 1 fully saturated rings. The van der Waals surface area contributed by atoms with Crippen LogP contribution in [0, 0.1) is 5.92 Å². The lowest BCUT2D eigenvalue weighted by Gasteiger charge is -2.27. The van der Waals surface area contributed by atoms with Crippen molar-refractivity contribution in [2.45, 2.75) is 38.3 Å². The number of halogens is 1. The summed E-state index contributed by atoms with van der Waals surface area (Å²) < 4.78 is 3.58. The second kappa shape index (κ2) is 9.30. The SMILES string of the molecule is O=C(NC1CCC(C(=O)O)CC1)c1ccc(Cl)c2cnn(Cc3ccc(-n4cccn4)cc3)c12. The van der Waals surface area contributed by atoms with E-state index in [-0.39, 0.29) is 17.9 Å². The minimum atomic E-state index is -0.759. The fourth-order valence-electron chi connectivity index (χ4n) is 4.57. The minimum Gasteiger partial charge on any atom is -0.481 e. The zero-order chi connectivity index (χ0) is 23.7. The number of carbonyl (C=O) groups excluding carboxylic acids is 1. The predicted octanol–water partition coefficient (Wildman–Crippen LogP) is 4.30. The van der Waals surface area contributed by atoms with Crippen LogP contribution in [0.25, 0.3) is 16.6 Å². The molecule has 1 aliphatic rings. The van der Waals surface area contributed by atoms with Crippen LogP contribution in [0.3, 0.4) is 0 Å². The Morgan fingerprint density at radius 3 is 2.50 bits per heavy atom. The lowest BCUT2D eigenvalue weighted by Crippen LogP contribution is -2.38. The molecule has 2 N–H and O–H groups in total. The highest BCUT2D eigenvalue weighted by Gasteiger charge is 2.27. The molecule has 34 heavy (non-hydrogen) atoms. The Balaban J connectivity index is 1.37. The Hall–Kier alpha value is -3.65. The Kier molecular flexibility index (Phi) is 6.06. The molecule has 4 aromatic rings. The molecule has 0 radical (unpaired) electrons. The second-order valence-electron chi connectivity index (χ2n) is 8.64. The van der Waals surface area contributed by atoms with E-state index in [1.54, 1.807) is 33.9 Å². The van der Waals surface area contributed by atoms with Crippen LogP contribution in [-0.2, 0) is 11.3 Å². The van der Waals surface area contributed by atoms with Crippen LogP contribution in [0.1, 0.15) is 41.6 Å². The largest absolute Gasteiger partial charge is 0.481 e. The zero-order valence-corrected chi connectivity index (χ0v) is 19.2. The average molecular weight is 478 g/mol. The number of carboxylic acid groups (broad SMARTS) is 1. The van der Waals surface area contributed by atoms with Crippen LogP contribution < -0.4 is 5.32 Å². The highest BCUT2D eigenvalue weighted by atomic mass is 35.5. The molecule has 0 aliphatic heterocycles. The van der Waals surface area contributed by atoms with Gasteiger partial charge in [-0.3, -0.25) is 14.3 Å². The maximum Gasteiger partial charge on any atom is 0.306 e. The van der Waals surface area contributed by atoms with Gasteiger partial charge in [-0.1, -0.05) is 23.7 Å². The molecule has 2 heterocycles. The monoisotopic (exact) mass is 477 g/mol. The number of nitrogens with one attached hydrogen (secondary N) is 1. The number of hydrogen-bond donors (Lipinski definition) is 2. The molecule has 2 aromatic carbocycles. The summed E-state index contributed by atoms with van der Waals surface area (Å²) in [4.78, 5) is 24.4. The number of aliphatic carboxylic acids is 1. The fourth-order valence-corrected chi connectivity index (χ4v) is 4.77. The van der Waals surface area contributed by atoms with Gasteiger partial charge in [0.05, 0.1) is 40.4 Å². The third kappa shape index (κ3) is 4.41. The lowest BCUT2D eigenvalue weighted by atomic mass is 9.86. The Morgan fingerprint density at radius 1 is 1.06 bits per heavy atom. The van der Waals surface area contributed by atoms with Crippen molar-refractivity contribution in [1.82, 2.24) is 24.9 Å². The Labute approximate surface area is 201 Å². The molecule has 1 aliphatic carbocycles. The first-order valence-corrected chi connectivity index (χ1v) is 11.6. The highest BCUT2D eigenvalue weighted by Crippen LogP contribution is 2.29. The Bertz CT molecular complexity index is 1320. The number of rotatable bonds is 6. The number of benzene rings is 2. The van der Waals surface area contributed by atoms with Gasteiger partial charge in [-0.05, 0) is 61.6 Å². The van der Waals surface area contributed by atoms with Crippen molar-refractivity contribution in [1.29, 1.82) is 0 Å². The van der Waals surface area contributed by atoms with Crippen molar-refractivity contribution in [3.63, 3.8) is 0 Å². The summed E-state index contributed by atoms with van der Waals surface area (Å²) in [6.45, 7) is 0.479. The van der Waals surface area contributed by atoms with Crippen molar-refractivity contribution in [2.75, 3.05) is 0 Å². The predicted molar refractivity (Wildman–Crippen MR) is 128 cm³/mol. The molecule has 0 atom stereocenters. The van der Waals surface area contributed by atoms with E-state index in [1.165, 1.54) is 0 Å². The normalized spacial score (nSPS) is 18.1. The molecule has 2 aromatic heterocycles. The van der Waals surface area contributed by atoms with Gasteiger partial charge in [0.15, 0.2) is 0 Å². The number of amides is 1. The van der Waals surface area contributed by atoms with E-state index in [4.69, 9.17) is 11.6 Å². The zero-order valence-electron chi connectivity index (χ0n) is 18.4. The molecule has 1 amide bonds. The number of fused-ring (bicyclic) bond motifs is 1. The summed E-state index contributed by atoms with van der Waals surface area (Å²) in [5.74, 6) is -1.28. The van der Waals surface area contributed by atoms with Crippen molar-refractivity contribution in [2.24, 2.45) is 5.92 Å². The standard InChI is InChI=1S/C25H24ClN5O3/c26-22-11-10-20(24(32)29-18-6-4-17(5-7-18)25(33)34)23-21(22)14-28-31(23)15-16-2-8-19(9-3-16)30-13-1-12-27-30/h1-3,8-14,17-18H,4-7,15H2,(H,29,32)(H,33,34). The van der Waals surface area contributed by atoms with Gasteiger partial charge in [-0.25, -0.2) is 4.68 Å². The van der Waals surface area contributed by atoms with E-state index >= 15 is 0 Å². The maximum absolute atomic E-state index is 13.2. The Morgan fingerprint density at radius 2 is 1.82 bits per heavy atom. The summed E-state index contributed by atoms with van der Waals surface area (Å²) >= 11 is 6.42. The molecule has 0 unspecified atom stereocenters. The molecule has 0 saturated heterocycles. The number of hydrogen-bond acceptors (Lipinski definition) is 4. The van der Waals surface area contributed by atoms with E-state index < -0.39 is 5.97 Å². The third-order valence-electron chi connectivity index (χ3n) is 6.44. The molecule has 5 rings (SSSR count). The molecule has 174 valence electrons. The summed E-state index contributed by atoms with van der Waals surface area (Å²) in [6, 6.07) is 13.3. The van der Waals surface area contributed by atoms with E-state index in [2.05, 4.69) is 15.5 Å². The van der Waals surface area contributed by atoms with E-state index in [0.29, 0.717) is 48.3 Å². The van der Waals surface area contributed by atoms with Gasteiger partial charge in [0.25, 0.3) is 5.91 Å². The average Bonchev–Trinajstić information content (AvgIpc) is 3.52. The second-order valence-corrected chi connectivity index (χ2v) is 9.04. The van der Waals surface area contributed by atoms with Gasteiger partial charge in [-0.15, -0.1) is 0 Å². The molecule has 0 bridgehead atoms. The topological polar surface area (TPSA) is 102 Å². The van der Waals surface area contributed by atoms with Gasteiger partial charge in [-0.2, -0.15) is 10.2 Å². The van der Waals surface area contributed by atoms with Crippen molar-refractivity contribution >= 4 is 34.4 Å². The number of nitrogens with zero attached hydrogens (tertiary/aromatic N) is 4.